The molecule has 5 aliphatic carbocycles. The second kappa shape index (κ2) is 14.0. The zero-order valence-electron chi connectivity index (χ0n) is 29.8. The molecule has 2 nitrogen and oxygen atoms in total. The molecule has 10 unspecified atom stereocenters. The van der Waals surface area contributed by atoms with Crippen molar-refractivity contribution in [3.8, 4) is 0 Å². The van der Waals surface area contributed by atoms with E-state index in [-0.39, 0.29) is 5.60 Å². The quantitative estimate of drug-likeness (QED) is 0.220. The first-order valence-electron chi connectivity index (χ1n) is 20.0. The number of ether oxygens (including phenoxy) is 1. The van der Waals surface area contributed by atoms with Crippen LogP contribution in [0.15, 0.2) is 0 Å². The number of fused-ring (bicyclic) bond motifs is 5. The fourth-order valence-corrected chi connectivity index (χ4v) is 12.8. The molecule has 1 aliphatic heterocycles. The number of unbranched alkanes of at least 4 members (excludes halogenated alkanes) is 3. The summed E-state index contributed by atoms with van der Waals surface area (Å²) in [7, 11) is 0. The lowest BCUT2D eigenvalue weighted by atomic mass is 9.57. The molecular formula is C41H73NO. The van der Waals surface area contributed by atoms with E-state index in [2.05, 4.69) is 46.4 Å². The summed E-state index contributed by atoms with van der Waals surface area (Å²) in [4.78, 5) is 3.29. The van der Waals surface area contributed by atoms with Crippen LogP contribution in [-0.4, -0.2) is 35.7 Å². The molecule has 6 fully saturated rings. The molecule has 0 amide bonds. The molecule has 1 saturated heterocycles. The van der Waals surface area contributed by atoms with Gasteiger partial charge in [-0.2, -0.15) is 0 Å². The van der Waals surface area contributed by atoms with Gasteiger partial charge in [-0.25, -0.2) is 0 Å². The molecule has 6 rings (SSSR count). The molecule has 0 bridgehead atoms. The smallest absolute Gasteiger partial charge is 0.0598 e. The SMILES string of the molecule is CC1CCC2C(C1)C1C(C3CCCCC3C1C(C)(C)C1CCC(CCCCCCOC(C)(C)C)C1)N2CC1CCCCC1. The minimum absolute atomic E-state index is 0.0188. The first-order chi connectivity index (χ1) is 20.6. The van der Waals surface area contributed by atoms with E-state index in [9.17, 15) is 0 Å². The van der Waals surface area contributed by atoms with E-state index in [0.717, 1.165) is 72.0 Å². The summed E-state index contributed by atoms with van der Waals surface area (Å²) in [5, 5.41) is 0. The van der Waals surface area contributed by atoms with Crippen LogP contribution in [-0.2, 0) is 4.74 Å². The van der Waals surface area contributed by atoms with Gasteiger partial charge in [-0.1, -0.05) is 85.0 Å². The van der Waals surface area contributed by atoms with E-state index in [1.54, 1.807) is 25.7 Å². The number of nitrogens with zero attached hydrogens (tertiary/aromatic N) is 1. The molecule has 0 aromatic heterocycles. The summed E-state index contributed by atoms with van der Waals surface area (Å²) in [5.41, 5.74) is 0.537. The van der Waals surface area contributed by atoms with Crippen molar-refractivity contribution >= 4 is 0 Å². The van der Waals surface area contributed by atoms with Gasteiger partial charge in [-0.05, 0) is 144 Å². The molecule has 6 aliphatic rings. The average Bonchev–Trinajstić information content (AvgIpc) is 3.66. The van der Waals surface area contributed by atoms with Gasteiger partial charge in [0, 0.05) is 25.2 Å². The predicted octanol–water partition coefficient (Wildman–Crippen LogP) is 11.3. The van der Waals surface area contributed by atoms with Crippen LogP contribution in [0.2, 0.25) is 0 Å². The van der Waals surface area contributed by atoms with E-state index in [4.69, 9.17) is 4.74 Å². The molecule has 0 aromatic rings. The zero-order chi connectivity index (χ0) is 30.2. The molecule has 2 heteroatoms. The van der Waals surface area contributed by atoms with Crippen LogP contribution in [0.5, 0.6) is 0 Å². The fraction of sp³-hybridized carbons (Fsp3) is 1.00. The first kappa shape index (κ1) is 32.8. The van der Waals surface area contributed by atoms with Crippen molar-refractivity contribution in [2.24, 2.45) is 58.7 Å². The molecule has 5 saturated carbocycles. The van der Waals surface area contributed by atoms with Crippen molar-refractivity contribution in [2.45, 2.75) is 188 Å². The third-order valence-corrected chi connectivity index (χ3v) is 14.7. The summed E-state index contributed by atoms with van der Waals surface area (Å²) in [6, 6.07) is 1.87. The molecule has 10 atom stereocenters. The van der Waals surface area contributed by atoms with Crippen LogP contribution >= 0.6 is 0 Å². The lowest BCUT2D eigenvalue weighted by molar-refractivity contribution is -0.00478. The minimum Gasteiger partial charge on any atom is -0.376 e. The molecular weight excluding hydrogens is 522 g/mol. The maximum absolute atomic E-state index is 5.96. The van der Waals surface area contributed by atoms with Crippen molar-refractivity contribution < 1.29 is 4.74 Å². The van der Waals surface area contributed by atoms with Crippen LogP contribution < -0.4 is 0 Å². The van der Waals surface area contributed by atoms with Gasteiger partial charge < -0.3 is 4.74 Å². The van der Waals surface area contributed by atoms with Gasteiger partial charge in [0.25, 0.3) is 0 Å². The highest BCUT2D eigenvalue weighted by Gasteiger charge is 2.65. The maximum atomic E-state index is 5.96. The van der Waals surface area contributed by atoms with Gasteiger partial charge in [0.1, 0.15) is 0 Å². The van der Waals surface area contributed by atoms with Gasteiger partial charge in [-0.3, -0.25) is 4.90 Å². The highest BCUT2D eigenvalue weighted by Crippen LogP contribution is 2.67. The Kier molecular flexibility index (Phi) is 10.7. The number of hydrogen-bond acceptors (Lipinski definition) is 2. The molecule has 248 valence electrons. The highest BCUT2D eigenvalue weighted by atomic mass is 16.5. The maximum Gasteiger partial charge on any atom is 0.0598 e. The average molecular weight is 596 g/mol. The molecule has 0 spiro atoms. The molecule has 0 radical (unpaired) electrons. The summed E-state index contributed by atoms with van der Waals surface area (Å²) in [5.74, 6) is 8.98. The Hall–Kier alpha value is -0.0800. The highest BCUT2D eigenvalue weighted by molar-refractivity contribution is 5.16. The van der Waals surface area contributed by atoms with Crippen molar-refractivity contribution in [3.63, 3.8) is 0 Å². The molecule has 1 heterocycles. The van der Waals surface area contributed by atoms with Gasteiger partial charge >= 0.3 is 0 Å². The van der Waals surface area contributed by atoms with Crippen molar-refractivity contribution in [1.82, 2.24) is 4.90 Å². The van der Waals surface area contributed by atoms with E-state index in [1.165, 1.54) is 109 Å². The summed E-state index contributed by atoms with van der Waals surface area (Å²) in [6.07, 6.45) is 29.8. The van der Waals surface area contributed by atoms with Crippen molar-refractivity contribution in [1.29, 1.82) is 0 Å². The van der Waals surface area contributed by atoms with Gasteiger partial charge in [0.15, 0.2) is 0 Å². The van der Waals surface area contributed by atoms with Crippen LogP contribution in [0.25, 0.3) is 0 Å². The van der Waals surface area contributed by atoms with Crippen LogP contribution in [0, 0.1) is 58.7 Å². The summed E-state index contributed by atoms with van der Waals surface area (Å²) < 4.78 is 5.96. The van der Waals surface area contributed by atoms with Crippen LogP contribution in [0.3, 0.4) is 0 Å². The Morgan fingerprint density at radius 1 is 0.651 bits per heavy atom. The topological polar surface area (TPSA) is 12.5 Å². The van der Waals surface area contributed by atoms with Crippen molar-refractivity contribution in [3.05, 3.63) is 0 Å². The summed E-state index contributed by atoms with van der Waals surface area (Å²) >= 11 is 0. The molecule has 43 heavy (non-hydrogen) atoms. The van der Waals surface area contributed by atoms with E-state index < -0.39 is 0 Å². The standard InChI is InChI=1S/C41H73NO/c1-29-21-24-36-35(26-29)37-38(33-19-13-14-20-34(33)39(37)42(36)28-31-17-11-9-12-18-31)41(5,6)32-23-22-30(27-32)16-10-7-8-15-25-43-40(2,3)4/h29-39H,7-28H2,1-6H3. The van der Waals surface area contributed by atoms with Gasteiger partial charge in [-0.15, -0.1) is 0 Å². The first-order valence-corrected chi connectivity index (χ1v) is 20.0. The zero-order valence-corrected chi connectivity index (χ0v) is 29.8. The number of hydrogen-bond donors (Lipinski definition) is 0. The third-order valence-electron chi connectivity index (χ3n) is 14.7. The normalized spacial score (nSPS) is 40.9. The Morgan fingerprint density at radius 2 is 1.37 bits per heavy atom. The Labute approximate surface area is 268 Å². The summed E-state index contributed by atoms with van der Waals surface area (Å²) in [6.45, 7) is 17.2. The molecule has 0 aromatic carbocycles. The lowest BCUT2D eigenvalue weighted by Gasteiger charge is -2.48. The monoisotopic (exact) mass is 596 g/mol. The van der Waals surface area contributed by atoms with E-state index in [0.29, 0.717) is 5.41 Å². The van der Waals surface area contributed by atoms with Gasteiger partial charge in [0.05, 0.1) is 5.60 Å². The van der Waals surface area contributed by atoms with E-state index >= 15 is 0 Å². The Balaban J connectivity index is 1.12. The number of likely N-dealkylation sites (tertiary alicyclic amines) is 1. The van der Waals surface area contributed by atoms with Crippen molar-refractivity contribution in [2.75, 3.05) is 13.2 Å². The third kappa shape index (κ3) is 7.26. The predicted molar refractivity (Wildman–Crippen MR) is 183 cm³/mol. The largest absolute Gasteiger partial charge is 0.376 e. The van der Waals surface area contributed by atoms with Crippen LogP contribution in [0.1, 0.15) is 170 Å². The van der Waals surface area contributed by atoms with E-state index in [1.807, 2.05) is 0 Å². The fourth-order valence-electron chi connectivity index (χ4n) is 12.8. The van der Waals surface area contributed by atoms with Gasteiger partial charge in [0.2, 0.25) is 0 Å². The molecule has 0 N–H and O–H groups in total. The minimum atomic E-state index is 0.0188. The van der Waals surface area contributed by atoms with Crippen LogP contribution in [0.4, 0.5) is 0 Å². The second-order valence-corrected chi connectivity index (χ2v) is 18.9. The number of rotatable bonds is 11. The lowest BCUT2D eigenvalue weighted by Crippen LogP contribution is -2.46. The Bertz CT molecular complexity index is 867. The Morgan fingerprint density at radius 3 is 2.14 bits per heavy atom. The second-order valence-electron chi connectivity index (χ2n) is 18.9.